The third-order valence-corrected chi connectivity index (χ3v) is 2.03. The van der Waals surface area contributed by atoms with Crippen LogP contribution in [0.5, 0.6) is 0 Å². The summed E-state index contributed by atoms with van der Waals surface area (Å²) in [5.41, 5.74) is 0.959. The number of carbonyl (C=O) groups excluding carboxylic acids is 1. The second kappa shape index (κ2) is 6.47. The summed E-state index contributed by atoms with van der Waals surface area (Å²) in [5.74, 6) is -0.995. The van der Waals surface area contributed by atoms with Gasteiger partial charge in [0, 0.05) is 13.1 Å². The van der Waals surface area contributed by atoms with Crippen molar-refractivity contribution in [2.24, 2.45) is 0 Å². The highest BCUT2D eigenvalue weighted by Crippen LogP contribution is 2.03. The fourth-order valence-electron chi connectivity index (χ4n) is 1.17. The minimum Gasteiger partial charge on any atom is -0.478 e. The average molecular weight is 240 g/mol. The second-order valence-electron chi connectivity index (χ2n) is 3.30. The van der Waals surface area contributed by atoms with Gasteiger partial charge in [-0.25, -0.2) is 14.0 Å². The second-order valence-corrected chi connectivity index (χ2v) is 3.30. The summed E-state index contributed by atoms with van der Waals surface area (Å²) in [6, 6.07) is 5.68. The molecule has 0 heterocycles. The van der Waals surface area contributed by atoms with Gasteiger partial charge < -0.3 is 15.7 Å². The Labute approximate surface area is 97.6 Å². The molecule has 0 spiro atoms. The van der Waals surface area contributed by atoms with Crippen molar-refractivity contribution < 1.29 is 19.1 Å². The number of carboxylic acid groups (broad SMARTS) is 1. The number of amides is 2. The summed E-state index contributed by atoms with van der Waals surface area (Å²) in [6.07, 6.45) is 0. The monoisotopic (exact) mass is 240 g/mol. The van der Waals surface area contributed by atoms with Gasteiger partial charge in [0.25, 0.3) is 0 Å². The molecule has 0 saturated carbocycles. The van der Waals surface area contributed by atoms with E-state index < -0.39 is 18.7 Å². The van der Waals surface area contributed by atoms with Crippen molar-refractivity contribution in [3.63, 3.8) is 0 Å². The van der Waals surface area contributed by atoms with Crippen LogP contribution in [0.2, 0.25) is 0 Å². The lowest BCUT2D eigenvalue weighted by molar-refractivity contribution is 0.0697. The van der Waals surface area contributed by atoms with Crippen LogP contribution < -0.4 is 10.6 Å². The number of hydrogen-bond acceptors (Lipinski definition) is 2. The van der Waals surface area contributed by atoms with Crippen LogP contribution in [-0.2, 0) is 6.54 Å². The number of rotatable bonds is 5. The fourth-order valence-corrected chi connectivity index (χ4v) is 1.17. The predicted molar refractivity (Wildman–Crippen MR) is 59.6 cm³/mol. The van der Waals surface area contributed by atoms with E-state index in [0.29, 0.717) is 0 Å². The summed E-state index contributed by atoms with van der Waals surface area (Å²) in [5, 5.41) is 13.5. The number of urea groups is 1. The van der Waals surface area contributed by atoms with Crippen LogP contribution in [0.1, 0.15) is 15.9 Å². The predicted octanol–water partition coefficient (Wildman–Crippen LogP) is 1.15. The molecule has 1 rings (SSSR count). The van der Waals surface area contributed by atoms with Crippen LogP contribution in [0.4, 0.5) is 9.18 Å². The van der Waals surface area contributed by atoms with Crippen molar-refractivity contribution in [2.45, 2.75) is 6.54 Å². The molecule has 0 bridgehead atoms. The number of alkyl halides is 1. The van der Waals surface area contributed by atoms with Gasteiger partial charge in [-0.2, -0.15) is 0 Å². The third-order valence-electron chi connectivity index (χ3n) is 2.03. The normalized spacial score (nSPS) is 9.71. The first-order valence-electron chi connectivity index (χ1n) is 5.03. The molecule has 6 heteroatoms. The SMILES string of the molecule is O=C(NCCF)NCc1ccc(C(=O)O)cc1. The number of halogens is 1. The highest BCUT2D eigenvalue weighted by Gasteiger charge is 2.03. The Morgan fingerprint density at radius 3 is 2.35 bits per heavy atom. The van der Waals surface area contributed by atoms with Gasteiger partial charge in [0.2, 0.25) is 0 Å². The van der Waals surface area contributed by atoms with Crippen LogP contribution in [0.15, 0.2) is 24.3 Å². The number of benzene rings is 1. The van der Waals surface area contributed by atoms with E-state index in [-0.39, 0.29) is 18.7 Å². The Kier molecular flexibility index (Phi) is 4.93. The van der Waals surface area contributed by atoms with E-state index in [4.69, 9.17) is 5.11 Å². The molecule has 0 radical (unpaired) electrons. The van der Waals surface area contributed by atoms with E-state index in [1.54, 1.807) is 12.1 Å². The van der Waals surface area contributed by atoms with Gasteiger partial charge in [0.05, 0.1) is 5.56 Å². The van der Waals surface area contributed by atoms with Gasteiger partial charge in [-0.05, 0) is 17.7 Å². The Hall–Kier alpha value is -2.11. The Morgan fingerprint density at radius 1 is 1.18 bits per heavy atom. The van der Waals surface area contributed by atoms with Crippen molar-refractivity contribution in [3.05, 3.63) is 35.4 Å². The number of hydrogen-bond donors (Lipinski definition) is 3. The third kappa shape index (κ3) is 4.50. The molecule has 17 heavy (non-hydrogen) atoms. The van der Waals surface area contributed by atoms with Crippen molar-refractivity contribution in [1.29, 1.82) is 0 Å². The van der Waals surface area contributed by atoms with Crippen LogP contribution in [0.25, 0.3) is 0 Å². The molecule has 3 N–H and O–H groups in total. The van der Waals surface area contributed by atoms with Gasteiger partial charge in [0.15, 0.2) is 0 Å². The van der Waals surface area contributed by atoms with Gasteiger partial charge in [-0.1, -0.05) is 12.1 Å². The first-order valence-corrected chi connectivity index (χ1v) is 5.03. The first kappa shape index (κ1) is 13.0. The van der Waals surface area contributed by atoms with Crippen molar-refractivity contribution in [3.8, 4) is 0 Å². The maximum atomic E-state index is 11.7. The molecule has 0 aliphatic rings. The van der Waals surface area contributed by atoms with Crippen LogP contribution >= 0.6 is 0 Å². The van der Waals surface area contributed by atoms with Crippen molar-refractivity contribution in [1.82, 2.24) is 10.6 Å². The number of carboxylic acids is 1. The van der Waals surface area contributed by atoms with E-state index in [2.05, 4.69) is 10.6 Å². The Morgan fingerprint density at radius 2 is 1.82 bits per heavy atom. The zero-order valence-corrected chi connectivity index (χ0v) is 9.07. The zero-order valence-electron chi connectivity index (χ0n) is 9.07. The molecular formula is C11H13FN2O3. The molecule has 0 aliphatic heterocycles. The van der Waals surface area contributed by atoms with E-state index >= 15 is 0 Å². The molecule has 2 amide bonds. The van der Waals surface area contributed by atoms with Crippen molar-refractivity contribution >= 4 is 12.0 Å². The molecule has 0 atom stereocenters. The van der Waals surface area contributed by atoms with E-state index in [0.717, 1.165) is 5.56 Å². The molecule has 0 saturated heterocycles. The fraction of sp³-hybridized carbons (Fsp3) is 0.273. The summed E-state index contributed by atoms with van der Waals surface area (Å²) in [7, 11) is 0. The smallest absolute Gasteiger partial charge is 0.335 e. The zero-order chi connectivity index (χ0) is 12.7. The van der Waals surface area contributed by atoms with E-state index in [1.807, 2.05) is 0 Å². The molecule has 1 aromatic carbocycles. The van der Waals surface area contributed by atoms with E-state index in [1.165, 1.54) is 12.1 Å². The lowest BCUT2D eigenvalue weighted by Gasteiger charge is -2.06. The summed E-state index contributed by atoms with van der Waals surface area (Å²) < 4.78 is 11.7. The standard InChI is InChI=1S/C11H13FN2O3/c12-5-6-13-11(17)14-7-8-1-3-9(4-2-8)10(15)16/h1-4H,5-7H2,(H,15,16)(H2,13,14,17). The largest absolute Gasteiger partial charge is 0.478 e. The highest BCUT2D eigenvalue weighted by atomic mass is 19.1. The highest BCUT2D eigenvalue weighted by molar-refractivity contribution is 5.87. The summed E-state index contributed by atoms with van der Waals surface area (Å²) >= 11 is 0. The van der Waals surface area contributed by atoms with Gasteiger partial charge in [-0.15, -0.1) is 0 Å². The lowest BCUT2D eigenvalue weighted by Crippen LogP contribution is -2.36. The molecular weight excluding hydrogens is 227 g/mol. The molecule has 0 aromatic heterocycles. The van der Waals surface area contributed by atoms with Gasteiger partial charge >= 0.3 is 12.0 Å². The molecule has 92 valence electrons. The maximum Gasteiger partial charge on any atom is 0.335 e. The van der Waals surface area contributed by atoms with Crippen molar-refractivity contribution in [2.75, 3.05) is 13.2 Å². The van der Waals surface area contributed by atoms with Crippen LogP contribution in [0, 0.1) is 0 Å². The Bertz CT molecular complexity index is 392. The topological polar surface area (TPSA) is 78.4 Å². The van der Waals surface area contributed by atoms with Crippen LogP contribution in [-0.4, -0.2) is 30.3 Å². The average Bonchev–Trinajstić information content (AvgIpc) is 2.34. The van der Waals surface area contributed by atoms with E-state index in [9.17, 15) is 14.0 Å². The number of nitrogens with one attached hydrogen (secondary N) is 2. The summed E-state index contributed by atoms with van der Waals surface area (Å²) in [6.45, 7) is -0.372. The summed E-state index contributed by atoms with van der Waals surface area (Å²) in [4.78, 5) is 21.6. The molecule has 0 aliphatic carbocycles. The number of aromatic carboxylic acids is 1. The molecule has 5 nitrogen and oxygen atoms in total. The van der Waals surface area contributed by atoms with Gasteiger partial charge in [-0.3, -0.25) is 0 Å². The molecule has 1 aromatic rings. The quantitative estimate of drug-likeness (QED) is 0.722. The molecule has 0 fully saturated rings. The number of carbonyl (C=O) groups is 2. The minimum absolute atomic E-state index is 0.0240. The first-order chi connectivity index (χ1) is 8.13. The minimum atomic E-state index is -0.995. The Balaban J connectivity index is 2.42. The lowest BCUT2D eigenvalue weighted by atomic mass is 10.1. The molecule has 0 unspecified atom stereocenters. The van der Waals surface area contributed by atoms with Gasteiger partial charge in [0.1, 0.15) is 6.67 Å². The maximum absolute atomic E-state index is 11.7. The van der Waals surface area contributed by atoms with Crippen LogP contribution in [0.3, 0.4) is 0 Å².